The van der Waals surface area contributed by atoms with Crippen molar-refractivity contribution in [2.75, 3.05) is 0 Å². The first-order valence-corrected chi connectivity index (χ1v) is 4.26. The molecule has 1 N–H and O–H groups in total. The molecule has 2 nitrogen and oxygen atoms in total. The van der Waals surface area contributed by atoms with E-state index in [0.717, 1.165) is 5.71 Å². The number of aromatic nitrogens is 1. The van der Waals surface area contributed by atoms with Gasteiger partial charge in [-0.25, -0.2) is 0 Å². The highest BCUT2D eigenvalue weighted by Crippen LogP contribution is 2.20. The maximum absolute atomic E-state index is 4.18. The first-order valence-electron chi connectivity index (χ1n) is 4.26. The van der Waals surface area contributed by atoms with E-state index in [2.05, 4.69) is 22.1 Å². The minimum atomic E-state index is 1.07. The zero-order valence-corrected chi connectivity index (χ0v) is 6.99. The van der Waals surface area contributed by atoms with Crippen molar-refractivity contribution in [1.29, 1.82) is 0 Å². The molecular formula is C11H8N2. The third-order valence-corrected chi connectivity index (χ3v) is 2.31. The largest absolute Gasteiger partial charge is 0.360 e. The van der Waals surface area contributed by atoms with Crippen molar-refractivity contribution in [2.24, 2.45) is 4.99 Å². The number of aliphatic imine (C=N–C) groups is 1. The van der Waals surface area contributed by atoms with E-state index in [0.29, 0.717) is 0 Å². The molecule has 1 aliphatic heterocycles. The molecule has 3 rings (SSSR count). The van der Waals surface area contributed by atoms with Crippen LogP contribution in [0, 0.1) is 0 Å². The van der Waals surface area contributed by atoms with Crippen LogP contribution in [0.25, 0.3) is 10.9 Å². The minimum absolute atomic E-state index is 1.07. The van der Waals surface area contributed by atoms with Crippen molar-refractivity contribution < 1.29 is 0 Å². The summed E-state index contributed by atoms with van der Waals surface area (Å²) < 4.78 is 0. The molecule has 0 saturated heterocycles. The quantitative estimate of drug-likeness (QED) is 0.677. The van der Waals surface area contributed by atoms with Crippen LogP contribution in [0.5, 0.6) is 0 Å². The van der Waals surface area contributed by atoms with Gasteiger partial charge >= 0.3 is 0 Å². The summed E-state index contributed by atoms with van der Waals surface area (Å²) in [6.45, 7) is 0. The van der Waals surface area contributed by atoms with Gasteiger partial charge in [-0.3, -0.25) is 4.99 Å². The van der Waals surface area contributed by atoms with Crippen molar-refractivity contribution in [3.8, 4) is 0 Å². The molecule has 0 aliphatic carbocycles. The van der Waals surface area contributed by atoms with E-state index >= 15 is 0 Å². The summed E-state index contributed by atoms with van der Waals surface area (Å²) in [7, 11) is 0. The third kappa shape index (κ3) is 0.855. The Hall–Kier alpha value is -1.83. The number of nitrogens with one attached hydrogen (secondary N) is 1. The summed E-state index contributed by atoms with van der Waals surface area (Å²) in [5.41, 5.74) is 3.43. The van der Waals surface area contributed by atoms with E-state index in [1.165, 1.54) is 16.5 Å². The zero-order chi connectivity index (χ0) is 8.67. The number of hydrogen-bond acceptors (Lipinski definition) is 1. The lowest BCUT2D eigenvalue weighted by molar-refractivity contribution is 1.44. The van der Waals surface area contributed by atoms with Crippen LogP contribution in [0.1, 0.15) is 5.56 Å². The molecular weight excluding hydrogens is 160 g/mol. The lowest BCUT2D eigenvalue weighted by atomic mass is 10.1. The van der Waals surface area contributed by atoms with Crippen molar-refractivity contribution in [3.05, 3.63) is 48.3 Å². The third-order valence-electron chi connectivity index (χ3n) is 2.31. The van der Waals surface area contributed by atoms with Crippen LogP contribution in [0.15, 0.2) is 47.7 Å². The van der Waals surface area contributed by atoms with Gasteiger partial charge in [0.2, 0.25) is 0 Å². The van der Waals surface area contributed by atoms with Gasteiger partial charge in [-0.15, -0.1) is 0 Å². The molecule has 2 heterocycles. The molecule has 1 aliphatic rings. The summed E-state index contributed by atoms with van der Waals surface area (Å²) in [5, 5.41) is 1.24. The molecule has 0 spiro atoms. The van der Waals surface area contributed by atoms with Crippen molar-refractivity contribution >= 4 is 16.6 Å². The number of hydrogen-bond donors (Lipinski definition) is 1. The Kier molecular flexibility index (Phi) is 1.19. The van der Waals surface area contributed by atoms with E-state index in [-0.39, 0.29) is 0 Å². The second-order valence-electron chi connectivity index (χ2n) is 3.08. The summed E-state index contributed by atoms with van der Waals surface area (Å²) in [6, 6.07) is 8.25. The van der Waals surface area contributed by atoms with Crippen molar-refractivity contribution in [1.82, 2.24) is 4.98 Å². The van der Waals surface area contributed by atoms with Crippen LogP contribution in [0.2, 0.25) is 0 Å². The van der Waals surface area contributed by atoms with Crippen LogP contribution in [-0.2, 0) is 0 Å². The molecule has 2 aromatic rings. The fraction of sp³-hybridized carbons (Fsp3) is 0. The van der Waals surface area contributed by atoms with E-state index in [1.807, 2.05) is 30.6 Å². The second kappa shape index (κ2) is 2.33. The highest BCUT2D eigenvalue weighted by atomic mass is 14.8. The zero-order valence-electron chi connectivity index (χ0n) is 6.99. The van der Waals surface area contributed by atoms with Gasteiger partial charge in [0.25, 0.3) is 0 Å². The Labute approximate surface area is 75.6 Å². The number of rotatable bonds is 1. The molecule has 0 saturated carbocycles. The smallest absolute Gasteiger partial charge is 0.0738 e. The predicted molar refractivity (Wildman–Crippen MR) is 54.0 cm³/mol. The number of para-hydroxylation sites is 1. The SMILES string of the molecule is C1=CC(c2c[nH]c3ccccc23)=N1. The fourth-order valence-electron chi connectivity index (χ4n) is 1.59. The Morgan fingerprint density at radius 1 is 1.15 bits per heavy atom. The Bertz CT molecular complexity index is 518. The minimum Gasteiger partial charge on any atom is -0.360 e. The van der Waals surface area contributed by atoms with Crippen LogP contribution < -0.4 is 0 Å². The standard InChI is InChI=1S/C11H8N2/c1-2-4-10-8(3-1)9(7-13-10)11-5-6-12-11/h1-7,13H. The maximum atomic E-state index is 4.18. The molecule has 0 fully saturated rings. The molecule has 0 radical (unpaired) electrons. The van der Waals surface area contributed by atoms with Crippen LogP contribution >= 0.6 is 0 Å². The van der Waals surface area contributed by atoms with Gasteiger partial charge in [0.15, 0.2) is 0 Å². The Morgan fingerprint density at radius 3 is 2.77 bits per heavy atom. The number of fused-ring (bicyclic) bond motifs is 1. The molecule has 0 bridgehead atoms. The van der Waals surface area contributed by atoms with Crippen LogP contribution in [0.3, 0.4) is 0 Å². The van der Waals surface area contributed by atoms with Gasteiger partial charge in [0, 0.05) is 28.9 Å². The van der Waals surface area contributed by atoms with Gasteiger partial charge in [-0.1, -0.05) is 18.2 Å². The fourth-order valence-corrected chi connectivity index (χ4v) is 1.59. The summed E-state index contributed by atoms with van der Waals surface area (Å²) in [5.74, 6) is 0. The second-order valence-corrected chi connectivity index (χ2v) is 3.08. The molecule has 0 unspecified atom stereocenters. The highest BCUT2D eigenvalue weighted by Gasteiger charge is 2.09. The number of aromatic amines is 1. The number of benzene rings is 1. The van der Waals surface area contributed by atoms with E-state index in [9.17, 15) is 0 Å². The Morgan fingerprint density at radius 2 is 2.00 bits per heavy atom. The van der Waals surface area contributed by atoms with Crippen molar-refractivity contribution in [3.63, 3.8) is 0 Å². The average molecular weight is 168 g/mol. The number of H-pyrrole nitrogens is 1. The van der Waals surface area contributed by atoms with Gasteiger partial charge in [-0.05, 0) is 12.1 Å². The van der Waals surface area contributed by atoms with Crippen LogP contribution in [0.4, 0.5) is 0 Å². The highest BCUT2D eigenvalue weighted by molar-refractivity contribution is 6.18. The predicted octanol–water partition coefficient (Wildman–Crippen LogP) is 2.48. The summed E-state index contributed by atoms with van der Waals surface area (Å²) in [6.07, 6.45) is 5.85. The molecule has 2 heteroatoms. The first-order chi connectivity index (χ1) is 6.45. The van der Waals surface area contributed by atoms with Gasteiger partial charge in [0.1, 0.15) is 0 Å². The lowest BCUT2D eigenvalue weighted by Gasteiger charge is -2.03. The molecule has 1 aromatic carbocycles. The first kappa shape index (κ1) is 6.66. The number of nitrogens with zero attached hydrogens (tertiary/aromatic N) is 1. The molecule has 62 valence electrons. The average Bonchev–Trinajstić information content (AvgIpc) is 2.47. The van der Waals surface area contributed by atoms with Crippen molar-refractivity contribution in [2.45, 2.75) is 0 Å². The molecule has 1 aromatic heterocycles. The van der Waals surface area contributed by atoms with E-state index < -0.39 is 0 Å². The summed E-state index contributed by atoms with van der Waals surface area (Å²) in [4.78, 5) is 7.40. The number of allylic oxidation sites excluding steroid dienone is 1. The lowest BCUT2D eigenvalue weighted by Crippen LogP contribution is -1.99. The molecule has 0 atom stereocenters. The maximum Gasteiger partial charge on any atom is 0.0738 e. The van der Waals surface area contributed by atoms with E-state index in [4.69, 9.17) is 0 Å². The van der Waals surface area contributed by atoms with Crippen LogP contribution in [-0.4, -0.2) is 10.7 Å². The molecule has 0 amide bonds. The normalized spacial score (nSPS) is 14.3. The van der Waals surface area contributed by atoms with Gasteiger partial charge in [-0.2, -0.15) is 0 Å². The van der Waals surface area contributed by atoms with E-state index in [1.54, 1.807) is 0 Å². The monoisotopic (exact) mass is 168 g/mol. The van der Waals surface area contributed by atoms with Gasteiger partial charge < -0.3 is 4.98 Å². The molecule has 13 heavy (non-hydrogen) atoms. The Balaban J connectivity index is 2.29. The summed E-state index contributed by atoms with van der Waals surface area (Å²) >= 11 is 0. The van der Waals surface area contributed by atoms with Gasteiger partial charge in [0.05, 0.1) is 5.71 Å². The topological polar surface area (TPSA) is 28.1 Å².